The lowest BCUT2D eigenvalue weighted by atomic mass is 9.92. The van der Waals surface area contributed by atoms with Crippen LogP contribution < -0.4 is 14.2 Å². The lowest BCUT2D eigenvalue weighted by Gasteiger charge is -2.15. The molecule has 0 saturated carbocycles. The number of rotatable bonds is 6. The zero-order valence-electron chi connectivity index (χ0n) is 15.1. The summed E-state index contributed by atoms with van der Waals surface area (Å²) in [6, 6.07) is 11.5. The Labute approximate surface area is 151 Å². The number of hydrogen-bond donors (Lipinski definition) is 0. The van der Waals surface area contributed by atoms with Crippen LogP contribution in [0.1, 0.15) is 42.6 Å². The molecule has 2 aromatic rings. The molecule has 26 heavy (non-hydrogen) atoms. The molecular formula is C20H20O6. The molecule has 0 aliphatic heterocycles. The van der Waals surface area contributed by atoms with Crippen molar-refractivity contribution in [3.63, 3.8) is 0 Å². The number of ether oxygens (including phenoxy) is 3. The van der Waals surface area contributed by atoms with Gasteiger partial charge in [-0.2, -0.15) is 0 Å². The van der Waals surface area contributed by atoms with Gasteiger partial charge in [0.1, 0.15) is 17.2 Å². The predicted octanol–water partition coefficient (Wildman–Crippen LogP) is 3.53. The highest BCUT2D eigenvalue weighted by Gasteiger charge is 2.22. The van der Waals surface area contributed by atoms with Crippen LogP contribution in [0.5, 0.6) is 17.2 Å². The van der Waals surface area contributed by atoms with Crippen molar-refractivity contribution in [2.24, 2.45) is 0 Å². The number of ketones is 1. The third-order valence-corrected chi connectivity index (χ3v) is 3.74. The Morgan fingerprint density at radius 1 is 0.846 bits per heavy atom. The highest BCUT2D eigenvalue weighted by Crippen LogP contribution is 2.31. The Morgan fingerprint density at radius 3 is 1.96 bits per heavy atom. The Balaban J connectivity index is 2.35. The molecular weight excluding hydrogens is 336 g/mol. The van der Waals surface area contributed by atoms with Crippen LogP contribution in [0, 0.1) is 0 Å². The summed E-state index contributed by atoms with van der Waals surface area (Å²) in [7, 11) is 1.57. The topological polar surface area (TPSA) is 78.9 Å². The first-order valence-corrected chi connectivity index (χ1v) is 8.01. The summed E-state index contributed by atoms with van der Waals surface area (Å²) >= 11 is 0. The van der Waals surface area contributed by atoms with Crippen LogP contribution >= 0.6 is 0 Å². The van der Waals surface area contributed by atoms with Crippen LogP contribution in [0.25, 0.3) is 0 Å². The van der Waals surface area contributed by atoms with E-state index in [0.29, 0.717) is 5.75 Å². The second-order valence-corrected chi connectivity index (χ2v) is 5.70. The number of Topliss-reactive ketones (excluding diaryl/α,β-unsaturated/α-hetero) is 1. The summed E-state index contributed by atoms with van der Waals surface area (Å²) < 4.78 is 15.2. The van der Waals surface area contributed by atoms with Crippen LogP contribution in [-0.4, -0.2) is 24.8 Å². The summed E-state index contributed by atoms with van der Waals surface area (Å²) in [4.78, 5) is 35.4. The third-order valence-electron chi connectivity index (χ3n) is 3.74. The van der Waals surface area contributed by atoms with Crippen molar-refractivity contribution in [2.45, 2.75) is 26.7 Å². The highest BCUT2D eigenvalue weighted by molar-refractivity contribution is 6.03. The molecule has 0 heterocycles. The van der Waals surface area contributed by atoms with Crippen LogP contribution in [0.15, 0.2) is 42.5 Å². The Kier molecular flexibility index (Phi) is 6.11. The standard InChI is InChI=1S/C20H20O6/c1-12(15-5-7-16(24-4)8-6-15)20(23)18-10-9-17(25-13(2)21)11-19(18)26-14(3)22/h5-12H,1-4H3/t12-/m1/s1. The lowest BCUT2D eigenvalue weighted by molar-refractivity contribution is -0.132. The fourth-order valence-corrected chi connectivity index (χ4v) is 2.45. The number of hydrogen-bond acceptors (Lipinski definition) is 6. The SMILES string of the molecule is COc1ccc([C@@H](C)C(=O)c2ccc(OC(C)=O)cc2OC(C)=O)cc1. The van der Waals surface area contributed by atoms with Gasteiger partial charge in [0.2, 0.25) is 0 Å². The average Bonchev–Trinajstić information content (AvgIpc) is 2.60. The Hall–Kier alpha value is -3.15. The van der Waals surface area contributed by atoms with E-state index in [1.807, 2.05) is 0 Å². The number of benzene rings is 2. The van der Waals surface area contributed by atoms with E-state index in [4.69, 9.17) is 14.2 Å². The fraction of sp³-hybridized carbons (Fsp3) is 0.250. The molecule has 0 radical (unpaired) electrons. The largest absolute Gasteiger partial charge is 0.497 e. The second-order valence-electron chi connectivity index (χ2n) is 5.70. The van der Waals surface area contributed by atoms with E-state index >= 15 is 0 Å². The maximum absolute atomic E-state index is 12.9. The molecule has 0 aliphatic carbocycles. The van der Waals surface area contributed by atoms with E-state index in [1.165, 1.54) is 32.0 Å². The van der Waals surface area contributed by atoms with Crippen LogP contribution in [0.4, 0.5) is 0 Å². The normalized spacial score (nSPS) is 11.4. The summed E-state index contributed by atoms with van der Waals surface area (Å²) in [6.07, 6.45) is 0. The maximum atomic E-state index is 12.9. The first-order chi connectivity index (χ1) is 12.3. The monoisotopic (exact) mass is 356 g/mol. The van der Waals surface area contributed by atoms with E-state index in [9.17, 15) is 14.4 Å². The molecule has 0 bridgehead atoms. The van der Waals surface area contributed by atoms with E-state index in [-0.39, 0.29) is 22.8 Å². The van der Waals surface area contributed by atoms with Gasteiger partial charge in [-0.1, -0.05) is 19.1 Å². The average molecular weight is 356 g/mol. The van der Waals surface area contributed by atoms with Crippen molar-refractivity contribution in [2.75, 3.05) is 7.11 Å². The number of methoxy groups -OCH3 is 1. The van der Waals surface area contributed by atoms with Crippen molar-refractivity contribution in [1.82, 2.24) is 0 Å². The number of carbonyl (C=O) groups excluding carboxylic acids is 3. The molecule has 6 nitrogen and oxygen atoms in total. The number of esters is 2. The first-order valence-electron chi connectivity index (χ1n) is 8.01. The molecule has 0 aromatic heterocycles. The van der Waals surface area contributed by atoms with E-state index in [2.05, 4.69) is 0 Å². The van der Waals surface area contributed by atoms with Gasteiger partial charge in [-0.25, -0.2) is 0 Å². The highest BCUT2D eigenvalue weighted by atomic mass is 16.5. The molecule has 0 unspecified atom stereocenters. The van der Waals surface area contributed by atoms with Gasteiger partial charge in [-0.05, 0) is 29.8 Å². The van der Waals surface area contributed by atoms with Crippen LogP contribution in [0.3, 0.4) is 0 Å². The molecule has 136 valence electrons. The van der Waals surface area contributed by atoms with Gasteiger partial charge in [0, 0.05) is 25.8 Å². The fourth-order valence-electron chi connectivity index (χ4n) is 2.45. The lowest BCUT2D eigenvalue weighted by Crippen LogP contribution is -2.13. The molecule has 0 spiro atoms. The van der Waals surface area contributed by atoms with Crippen molar-refractivity contribution < 1.29 is 28.6 Å². The van der Waals surface area contributed by atoms with Crippen LogP contribution in [0.2, 0.25) is 0 Å². The van der Waals surface area contributed by atoms with Gasteiger partial charge in [0.25, 0.3) is 0 Å². The quantitative estimate of drug-likeness (QED) is 0.447. The molecule has 0 aliphatic rings. The Morgan fingerprint density at radius 2 is 1.42 bits per heavy atom. The minimum Gasteiger partial charge on any atom is -0.497 e. The smallest absolute Gasteiger partial charge is 0.308 e. The maximum Gasteiger partial charge on any atom is 0.308 e. The molecule has 6 heteroatoms. The zero-order valence-corrected chi connectivity index (χ0v) is 15.1. The van der Waals surface area contributed by atoms with E-state index in [1.54, 1.807) is 38.3 Å². The molecule has 2 rings (SSSR count). The predicted molar refractivity (Wildman–Crippen MR) is 94.8 cm³/mol. The van der Waals surface area contributed by atoms with Gasteiger partial charge in [-0.3, -0.25) is 14.4 Å². The minimum absolute atomic E-state index is 0.0570. The summed E-state index contributed by atoms with van der Waals surface area (Å²) in [5.74, 6) is -0.820. The molecule has 1 atom stereocenters. The van der Waals surface area contributed by atoms with Gasteiger partial charge in [0.15, 0.2) is 5.78 Å². The zero-order chi connectivity index (χ0) is 19.3. The van der Waals surface area contributed by atoms with E-state index < -0.39 is 17.9 Å². The molecule has 0 amide bonds. The molecule has 2 aromatic carbocycles. The molecule has 0 N–H and O–H groups in total. The minimum atomic E-state index is -0.573. The van der Waals surface area contributed by atoms with Crippen LogP contribution in [-0.2, 0) is 9.59 Å². The second kappa shape index (κ2) is 8.29. The Bertz CT molecular complexity index is 823. The van der Waals surface area contributed by atoms with Crippen molar-refractivity contribution in [1.29, 1.82) is 0 Å². The first kappa shape index (κ1) is 19.2. The summed E-state index contributed by atoms with van der Waals surface area (Å²) in [5.41, 5.74) is 1.04. The van der Waals surface area contributed by atoms with Gasteiger partial charge in [-0.15, -0.1) is 0 Å². The van der Waals surface area contributed by atoms with E-state index in [0.717, 1.165) is 5.56 Å². The number of carbonyl (C=O) groups is 3. The van der Waals surface area contributed by atoms with Gasteiger partial charge >= 0.3 is 11.9 Å². The van der Waals surface area contributed by atoms with Crippen molar-refractivity contribution >= 4 is 17.7 Å². The van der Waals surface area contributed by atoms with Gasteiger partial charge in [0.05, 0.1) is 12.7 Å². The molecule has 0 saturated heterocycles. The van der Waals surface area contributed by atoms with Gasteiger partial charge < -0.3 is 14.2 Å². The van der Waals surface area contributed by atoms with Crippen molar-refractivity contribution in [3.8, 4) is 17.2 Å². The summed E-state index contributed by atoms with van der Waals surface area (Å²) in [5, 5.41) is 0. The third kappa shape index (κ3) is 4.69. The van der Waals surface area contributed by atoms with Crippen molar-refractivity contribution in [3.05, 3.63) is 53.6 Å². The molecule has 0 fully saturated rings. The summed E-state index contributed by atoms with van der Waals surface area (Å²) in [6.45, 7) is 4.26.